The highest BCUT2D eigenvalue weighted by Gasteiger charge is 2.21. The highest BCUT2D eigenvalue weighted by Crippen LogP contribution is 2.33. The van der Waals surface area contributed by atoms with E-state index in [0.717, 1.165) is 56.7 Å². The first kappa shape index (κ1) is 33.6. The van der Waals surface area contributed by atoms with Gasteiger partial charge in [0, 0.05) is 56.4 Å². The number of benzene rings is 3. The molecule has 1 fully saturated rings. The fourth-order valence-corrected chi connectivity index (χ4v) is 5.19. The van der Waals surface area contributed by atoms with Crippen molar-refractivity contribution in [3.8, 4) is 23.1 Å². The molecule has 248 valence electrons. The molecule has 3 aromatic carbocycles. The number of hydrogen-bond donors (Lipinski definition) is 2. The molecule has 0 atom stereocenters. The minimum Gasteiger partial charge on any atom is -0.490 e. The summed E-state index contributed by atoms with van der Waals surface area (Å²) < 4.78 is 32.8. The van der Waals surface area contributed by atoms with Crippen LogP contribution in [0.2, 0.25) is 0 Å². The van der Waals surface area contributed by atoms with Crippen LogP contribution < -0.4 is 24.8 Å². The van der Waals surface area contributed by atoms with Crippen LogP contribution >= 0.6 is 0 Å². The number of nitrogens with zero attached hydrogens (tertiary/aromatic N) is 4. The molecule has 1 aliphatic heterocycles. The van der Waals surface area contributed by atoms with Gasteiger partial charge in [0.25, 0.3) is 5.91 Å². The number of halogens is 1. The number of nitrogens with one attached hydrogen (secondary N) is 2. The Bertz CT molecular complexity index is 1640. The number of amides is 1. The zero-order chi connectivity index (χ0) is 33.2. The van der Waals surface area contributed by atoms with Crippen molar-refractivity contribution in [2.45, 2.75) is 33.6 Å². The average molecular weight is 643 g/mol. The van der Waals surface area contributed by atoms with E-state index in [0.29, 0.717) is 36.1 Å². The summed E-state index contributed by atoms with van der Waals surface area (Å²) in [5.41, 5.74) is 3.08. The van der Waals surface area contributed by atoms with E-state index in [1.165, 1.54) is 12.3 Å². The summed E-state index contributed by atoms with van der Waals surface area (Å²) in [5, 5.41) is 6.00. The van der Waals surface area contributed by atoms with Crippen LogP contribution in [0.15, 0.2) is 66.9 Å². The molecule has 10 nitrogen and oxygen atoms in total. The van der Waals surface area contributed by atoms with Crippen molar-refractivity contribution in [2.75, 3.05) is 63.6 Å². The smallest absolute Gasteiger partial charge is 0.262 e. The highest BCUT2D eigenvalue weighted by molar-refractivity contribution is 6.06. The number of likely N-dealkylation sites (N-methyl/N-ethyl adjacent to an activating group) is 1. The van der Waals surface area contributed by atoms with Gasteiger partial charge in [0.15, 0.2) is 23.1 Å². The molecule has 11 heteroatoms. The molecule has 0 aliphatic carbocycles. The van der Waals surface area contributed by atoms with Crippen LogP contribution in [0.1, 0.15) is 41.3 Å². The largest absolute Gasteiger partial charge is 0.490 e. The van der Waals surface area contributed by atoms with Gasteiger partial charge in [0.1, 0.15) is 5.56 Å². The SMILES string of the molecule is CCCOc1ccccc1Oc1nc(Nc2ccc(OCCCN3CCN(C)CC3)c(F)c2)ncc1C(=O)Nc1c(C)cccc1C. The maximum absolute atomic E-state index is 15.0. The number of carbonyl (C=O) groups excluding carboxylic acids is 1. The summed E-state index contributed by atoms with van der Waals surface area (Å²) >= 11 is 0. The first-order valence-corrected chi connectivity index (χ1v) is 16.0. The fourth-order valence-electron chi connectivity index (χ4n) is 5.19. The van der Waals surface area contributed by atoms with Crippen molar-refractivity contribution in [3.63, 3.8) is 0 Å². The van der Waals surface area contributed by atoms with Gasteiger partial charge in [-0.25, -0.2) is 9.37 Å². The van der Waals surface area contributed by atoms with Crippen LogP contribution in [0.5, 0.6) is 23.1 Å². The van der Waals surface area contributed by atoms with E-state index in [-0.39, 0.29) is 23.1 Å². The Kier molecular flexibility index (Phi) is 11.6. The number of aromatic nitrogens is 2. The maximum atomic E-state index is 15.0. The maximum Gasteiger partial charge on any atom is 0.262 e. The van der Waals surface area contributed by atoms with Gasteiger partial charge in [-0.1, -0.05) is 37.3 Å². The van der Waals surface area contributed by atoms with Crippen molar-refractivity contribution in [1.82, 2.24) is 19.8 Å². The number of carbonyl (C=O) groups is 1. The molecule has 0 spiro atoms. The summed E-state index contributed by atoms with van der Waals surface area (Å²) in [7, 11) is 2.13. The van der Waals surface area contributed by atoms with Gasteiger partial charge < -0.3 is 34.6 Å². The van der Waals surface area contributed by atoms with Crippen LogP contribution in [-0.4, -0.2) is 78.7 Å². The first-order chi connectivity index (χ1) is 22.8. The molecular formula is C36H43FN6O4. The van der Waals surface area contributed by atoms with E-state index in [9.17, 15) is 4.79 Å². The predicted octanol–water partition coefficient (Wildman–Crippen LogP) is 6.83. The molecule has 5 rings (SSSR count). The van der Waals surface area contributed by atoms with Gasteiger partial charge in [-0.3, -0.25) is 4.79 Å². The Morgan fingerprint density at radius 2 is 1.64 bits per heavy atom. The lowest BCUT2D eigenvalue weighted by atomic mass is 10.1. The Labute approximate surface area is 275 Å². The van der Waals surface area contributed by atoms with Gasteiger partial charge >= 0.3 is 0 Å². The minimum atomic E-state index is -0.502. The molecule has 2 N–H and O–H groups in total. The summed E-state index contributed by atoms with van der Waals surface area (Å²) in [6, 6.07) is 17.6. The molecule has 2 heterocycles. The average Bonchev–Trinajstić information content (AvgIpc) is 3.06. The van der Waals surface area contributed by atoms with E-state index in [1.807, 2.05) is 51.1 Å². The Hall–Kier alpha value is -4.74. The van der Waals surface area contributed by atoms with Gasteiger partial charge in [-0.15, -0.1) is 0 Å². The number of hydrogen-bond acceptors (Lipinski definition) is 9. The molecule has 0 unspecified atom stereocenters. The molecule has 0 bridgehead atoms. The second-order valence-electron chi connectivity index (χ2n) is 11.6. The zero-order valence-corrected chi connectivity index (χ0v) is 27.5. The van der Waals surface area contributed by atoms with Crippen molar-refractivity contribution in [1.29, 1.82) is 0 Å². The molecule has 0 saturated carbocycles. The Morgan fingerprint density at radius 3 is 2.36 bits per heavy atom. The highest BCUT2D eigenvalue weighted by atomic mass is 19.1. The Balaban J connectivity index is 1.31. The summed E-state index contributed by atoms with van der Waals surface area (Å²) in [6.45, 7) is 11.9. The number of ether oxygens (including phenoxy) is 3. The van der Waals surface area contributed by atoms with Crippen LogP contribution in [0, 0.1) is 19.7 Å². The molecule has 0 radical (unpaired) electrons. The van der Waals surface area contributed by atoms with Crippen molar-refractivity contribution >= 4 is 23.2 Å². The quantitative estimate of drug-likeness (QED) is 0.143. The van der Waals surface area contributed by atoms with Gasteiger partial charge in [-0.05, 0) is 69.1 Å². The number of aryl methyl sites for hydroxylation is 2. The molecule has 1 saturated heterocycles. The van der Waals surface area contributed by atoms with Gasteiger partial charge in [0.05, 0.1) is 13.2 Å². The molecule has 1 aromatic heterocycles. The predicted molar refractivity (Wildman–Crippen MR) is 182 cm³/mol. The molecule has 1 amide bonds. The first-order valence-electron chi connectivity index (χ1n) is 16.0. The van der Waals surface area contributed by atoms with Crippen molar-refractivity contribution < 1.29 is 23.4 Å². The topological polar surface area (TPSA) is 101 Å². The molecular weight excluding hydrogens is 599 g/mol. The van der Waals surface area contributed by atoms with Gasteiger partial charge in [-0.2, -0.15) is 4.98 Å². The van der Waals surface area contributed by atoms with Crippen LogP contribution in [-0.2, 0) is 0 Å². The van der Waals surface area contributed by atoms with Crippen LogP contribution in [0.4, 0.5) is 21.7 Å². The lowest BCUT2D eigenvalue weighted by molar-refractivity contribution is 0.102. The van der Waals surface area contributed by atoms with Gasteiger partial charge in [0.2, 0.25) is 11.8 Å². The zero-order valence-electron chi connectivity index (χ0n) is 27.5. The number of piperazine rings is 1. The van der Waals surface area contributed by atoms with E-state index in [4.69, 9.17) is 14.2 Å². The van der Waals surface area contributed by atoms with E-state index >= 15 is 4.39 Å². The third-order valence-electron chi connectivity index (χ3n) is 7.90. The number of rotatable bonds is 14. The summed E-state index contributed by atoms with van der Waals surface area (Å²) in [4.78, 5) is 27.2. The lowest BCUT2D eigenvalue weighted by Gasteiger charge is -2.32. The second kappa shape index (κ2) is 16.2. The minimum absolute atomic E-state index is 0.0135. The monoisotopic (exact) mass is 642 g/mol. The van der Waals surface area contributed by atoms with Crippen LogP contribution in [0.3, 0.4) is 0 Å². The lowest BCUT2D eigenvalue weighted by Crippen LogP contribution is -2.44. The van der Waals surface area contributed by atoms with Crippen molar-refractivity contribution in [2.24, 2.45) is 0 Å². The fraction of sp³-hybridized carbons (Fsp3) is 0.361. The third kappa shape index (κ3) is 9.17. The van der Waals surface area contributed by atoms with Crippen molar-refractivity contribution in [3.05, 3.63) is 89.4 Å². The number of anilines is 3. The summed E-state index contributed by atoms with van der Waals surface area (Å²) in [5.74, 6) is 0.293. The van der Waals surface area contributed by atoms with E-state index < -0.39 is 11.7 Å². The van der Waals surface area contributed by atoms with E-state index in [2.05, 4.69) is 37.4 Å². The summed E-state index contributed by atoms with van der Waals surface area (Å²) in [6.07, 6.45) is 3.02. The van der Waals surface area contributed by atoms with Crippen LogP contribution in [0.25, 0.3) is 0 Å². The normalized spacial score (nSPS) is 13.6. The number of para-hydroxylation sites is 3. The second-order valence-corrected chi connectivity index (χ2v) is 11.6. The van der Waals surface area contributed by atoms with E-state index in [1.54, 1.807) is 24.3 Å². The molecule has 4 aromatic rings. The molecule has 1 aliphatic rings. The Morgan fingerprint density at radius 1 is 0.915 bits per heavy atom. The molecule has 47 heavy (non-hydrogen) atoms. The third-order valence-corrected chi connectivity index (χ3v) is 7.90. The standard InChI is InChI=1S/C36H43FN6O4/c1-5-21-45-31-12-6-7-13-32(31)47-35-28(34(44)40-33-25(2)10-8-11-26(33)3)24-38-36(41-35)39-27-14-15-30(29(37)23-27)46-22-9-16-43-19-17-42(4)18-20-43/h6-8,10-15,23-24H,5,9,16-22H2,1-4H3,(H,40,44)(H,38,39,41).